The number of aliphatic imine (C=N–C) groups is 1. The first-order valence-electron chi connectivity index (χ1n) is 7.49. The summed E-state index contributed by atoms with van der Waals surface area (Å²) in [6.07, 6.45) is 2.89. The van der Waals surface area contributed by atoms with Crippen molar-refractivity contribution in [3.63, 3.8) is 0 Å². The Morgan fingerprint density at radius 2 is 1.86 bits per heavy atom. The number of nitrogens with two attached hydrogens (primary N) is 1. The van der Waals surface area contributed by atoms with Gasteiger partial charge in [-0.15, -0.1) is 0 Å². The van der Waals surface area contributed by atoms with Crippen molar-refractivity contribution in [3.8, 4) is 0 Å². The van der Waals surface area contributed by atoms with E-state index >= 15 is 0 Å². The molecule has 0 saturated heterocycles. The molecule has 3 nitrogen and oxygen atoms in total. The smallest absolute Gasteiger partial charge is 0.125 e. The molecule has 1 aromatic carbocycles. The van der Waals surface area contributed by atoms with Gasteiger partial charge in [-0.3, -0.25) is 4.99 Å². The molecule has 0 bridgehead atoms. The van der Waals surface area contributed by atoms with Gasteiger partial charge in [0.25, 0.3) is 0 Å². The van der Waals surface area contributed by atoms with Crippen LogP contribution in [-0.4, -0.2) is 12.4 Å². The molecular weight excluding hydrogens is 270 g/mol. The Hall–Kier alpha value is -2.29. The van der Waals surface area contributed by atoms with E-state index in [9.17, 15) is 0 Å². The number of amidine groups is 1. The lowest BCUT2D eigenvalue weighted by atomic mass is 9.87. The first-order valence-corrected chi connectivity index (χ1v) is 7.49. The third-order valence-electron chi connectivity index (χ3n) is 3.74. The Morgan fingerprint density at radius 3 is 2.36 bits per heavy atom. The molecule has 0 amide bonds. The van der Waals surface area contributed by atoms with Gasteiger partial charge in [0.2, 0.25) is 0 Å². The maximum Gasteiger partial charge on any atom is 0.125 e. The summed E-state index contributed by atoms with van der Waals surface area (Å²) in [6.45, 7) is 15.2. The van der Waals surface area contributed by atoms with Crippen molar-refractivity contribution in [2.24, 2.45) is 16.1 Å². The van der Waals surface area contributed by atoms with Crippen LogP contribution in [0, 0.1) is 5.41 Å². The topological polar surface area (TPSA) is 50.4 Å². The van der Waals surface area contributed by atoms with Gasteiger partial charge in [0.1, 0.15) is 5.84 Å². The van der Waals surface area contributed by atoms with E-state index in [4.69, 9.17) is 5.73 Å². The van der Waals surface area contributed by atoms with Crippen LogP contribution in [0.3, 0.4) is 0 Å². The first kappa shape index (κ1) is 16.1. The van der Waals surface area contributed by atoms with Gasteiger partial charge in [-0.2, -0.15) is 0 Å². The van der Waals surface area contributed by atoms with Crippen LogP contribution in [0.5, 0.6) is 0 Å². The highest BCUT2D eigenvalue weighted by Gasteiger charge is 2.20. The number of hydrogen-bond acceptors (Lipinski definition) is 3. The Balaban J connectivity index is 1.94. The molecule has 116 valence electrons. The fourth-order valence-electron chi connectivity index (χ4n) is 2.26. The van der Waals surface area contributed by atoms with Crippen molar-refractivity contribution in [3.05, 3.63) is 65.9 Å². The Kier molecular flexibility index (Phi) is 4.55. The first-order chi connectivity index (χ1) is 10.3. The monoisotopic (exact) mass is 295 g/mol. The lowest BCUT2D eigenvalue weighted by molar-refractivity contribution is 0.499. The average molecular weight is 295 g/mol. The summed E-state index contributed by atoms with van der Waals surface area (Å²) in [5.74, 6) is 0.905. The quantitative estimate of drug-likeness (QED) is 0.891. The van der Waals surface area contributed by atoms with E-state index < -0.39 is 0 Å². The molecule has 1 aliphatic heterocycles. The predicted octanol–water partition coefficient (Wildman–Crippen LogP) is 3.65. The average Bonchev–Trinajstić information content (AvgIpc) is 2.87. The number of benzene rings is 1. The summed E-state index contributed by atoms with van der Waals surface area (Å²) in [5.41, 5.74) is 10.8. The van der Waals surface area contributed by atoms with E-state index in [-0.39, 0.29) is 5.41 Å². The Labute approximate surface area is 133 Å². The predicted molar refractivity (Wildman–Crippen MR) is 95.5 cm³/mol. The highest BCUT2D eigenvalue weighted by molar-refractivity contribution is 5.96. The third-order valence-corrected chi connectivity index (χ3v) is 3.74. The van der Waals surface area contributed by atoms with Crippen molar-refractivity contribution in [1.82, 2.24) is 5.32 Å². The van der Waals surface area contributed by atoms with E-state index in [2.05, 4.69) is 50.3 Å². The Bertz CT molecular complexity index is 640. The van der Waals surface area contributed by atoms with Crippen LogP contribution in [0.4, 0.5) is 0 Å². The summed E-state index contributed by atoms with van der Waals surface area (Å²) in [4.78, 5) is 4.53. The summed E-state index contributed by atoms with van der Waals surface area (Å²) in [7, 11) is 0. The van der Waals surface area contributed by atoms with Crippen LogP contribution in [0.2, 0.25) is 0 Å². The number of allylic oxidation sites excluding steroid dienone is 1. The van der Waals surface area contributed by atoms with Gasteiger partial charge in [-0.1, -0.05) is 58.2 Å². The largest absolute Gasteiger partial charge is 0.399 e. The zero-order valence-electron chi connectivity index (χ0n) is 13.7. The second kappa shape index (κ2) is 6.22. The van der Waals surface area contributed by atoms with Crippen LogP contribution in [0.25, 0.3) is 5.70 Å². The summed E-state index contributed by atoms with van der Waals surface area (Å²) >= 11 is 0. The standard InChI is InChI=1S/C19H25N3/c1-13(10-15-6-8-16(9-7-15)14(2)20)22-18-11-17(12-21-18)19(3,4)5/h6-9,11H,1-2,10,12,20H2,3-5H3,(H,21,22). The molecule has 1 heterocycles. The van der Waals surface area contributed by atoms with Crippen molar-refractivity contribution < 1.29 is 0 Å². The summed E-state index contributed by atoms with van der Waals surface area (Å²) in [6, 6.07) is 8.06. The van der Waals surface area contributed by atoms with E-state index in [0.29, 0.717) is 5.70 Å². The van der Waals surface area contributed by atoms with Gasteiger partial charge < -0.3 is 11.1 Å². The molecule has 0 fully saturated rings. The fourth-order valence-corrected chi connectivity index (χ4v) is 2.26. The molecule has 1 aromatic rings. The van der Waals surface area contributed by atoms with Gasteiger partial charge in [-0.05, 0) is 28.2 Å². The van der Waals surface area contributed by atoms with Gasteiger partial charge in [-0.25, -0.2) is 0 Å². The molecule has 2 rings (SSSR count). The zero-order valence-corrected chi connectivity index (χ0v) is 13.7. The highest BCUT2D eigenvalue weighted by Crippen LogP contribution is 2.27. The lowest BCUT2D eigenvalue weighted by Crippen LogP contribution is -2.20. The minimum Gasteiger partial charge on any atom is -0.399 e. The lowest BCUT2D eigenvalue weighted by Gasteiger charge is -2.18. The SMILES string of the molecule is C=C(Cc1ccc(C(=C)N)cc1)NC1=NCC(C(C)(C)C)=C1. The van der Waals surface area contributed by atoms with Crippen LogP contribution >= 0.6 is 0 Å². The number of nitrogens with zero attached hydrogens (tertiary/aromatic N) is 1. The molecule has 1 aliphatic rings. The zero-order chi connectivity index (χ0) is 16.3. The second-order valence-corrected chi connectivity index (χ2v) is 6.75. The minimum atomic E-state index is 0.161. The molecule has 0 aliphatic carbocycles. The van der Waals surface area contributed by atoms with E-state index in [0.717, 1.165) is 30.1 Å². The van der Waals surface area contributed by atoms with Crippen molar-refractivity contribution >= 4 is 11.5 Å². The Morgan fingerprint density at radius 1 is 1.23 bits per heavy atom. The normalized spacial score (nSPS) is 14.3. The van der Waals surface area contributed by atoms with Gasteiger partial charge in [0.15, 0.2) is 0 Å². The number of nitrogens with one attached hydrogen (secondary N) is 1. The number of rotatable bonds is 4. The van der Waals surface area contributed by atoms with Gasteiger partial charge in [0.05, 0.1) is 6.54 Å². The molecule has 3 N–H and O–H groups in total. The van der Waals surface area contributed by atoms with Crippen LogP contribution in [0.1, 0.15) is 31.9 Å². The molecular formula is C19H25N3. The molecule has 0 unspecified atom stereocenters. The van der Waals surface area contributed by atoms with Crippen molar-refractivity contribution in [2.45, 2.75) is 27.2 Å². The van der Waals surface area contributed by atoms with Crippen molar-refractivity contribution in [2.75, 3.05) is 6.54 Å². The molecule has 0 saturated carbocycles. The maximum absolute atomic E-state index is 5.68. The molecule has 0 aromatic heterocycles. The summed E-state index contributed by atoms with van der Waals surface area (Å²) in [5, 5.41) is 3.30. The molecule has 3 heteroatoms. The van der Waals surface area contributed by atoms with E-state index in [1.54, 1.807) is 0 Å². The van der Waals surface area contributed by atoms with Crippen molar-refractivity contribution in [1.29, 1.82) is 0 Å². The van der Waals surface area contributed by atoms with Crippen LogP contribution in [0.15, 0.2) is 59.8 Å². The second-order valence-electron chi connectivity index (χ2n) is 6.75. The van der Waals surface area contributed by atoms with Gasteiger partial charge in [0, 0.05) is 17.8 Å². The molecule has 0 atom stereocenters. The maximum atomic E-state index is 5.68. The highest BCUT2D eigenvalue weighted by atomic mass is 15.0. The molecule has 22 heavy (non-hydrogen) atoms. The van der Waals surface area contributed by atoms with Crippen LogP contribution in [-0.2, 0) is 6.42 Å². The fraction of sp³-hybridized carbons (Fsp3) is 0.316. The molecule has 0 radical (unpaired) electrons. The van der Waals surface area contributed by atoms with Gasteiger partial charge >= 0.3 is 0 Å². The summed E-state index contributed by atoms with van der Waals surface area (Å²) < 4.78 is 0. The van der Waals surface area contributed by atoms with E-state index in [1.165, 1.54) is 11.1 Å². The van der Waals surface area contributed by atoms with Crippen LogP contribution < -0.4 is 11.1 Å². The third kappa shape index (κ3) is 4.10. The minimum absolute atomic E-state index is 0.161. The van der Waals surface area contributed by atoms with E-state index in [1.807, 2.05) is 24.3 Å². The molecule has 0 spiro atoms. The number of hydrogen-bond donors (Lipinski definition) is 2.